The van der Waals surface area contributed by atoms with Gasteiger partial charge in [-0.05, 0) is 60.5 Å². The summed E-state index contributed by atoms with van der Waals surface area (Å²) >= 11 is 12.5. The lowest BCUT2D eigenvalue weighted by Gasteiger charge is -2.14. The molecule has 1 N–H and O–H groups in total. The monoisotopic (exact) mass is 485 g/mol. The van der Waals surface area contributed by atoms with Gasteiger partial charge in [-0.1, -0.05) is 42.3 Å². The number of hydrogen-bond donors (Lipinski definition) is 1. The van der Waals surface area contributed by atoms with Gasteiger partial charge in [0, 0.05) is 44.9 Å². The maximum Gasteiger partial charge on any atom is 0.333 e. The second-order valence-electron chi connectivity index (χ2n) is 7.87. The molecular formula is C26H25Cl2NO4. The van der Waals surface area contributed by atoms with Crippen LogP contribution in [-0.4, -0.2) is 35.0 Å². The van der Waals surface area contributed by atoms with Crippen molar-refractivity contribution in [3.05, 3.63) is 76.3 Å². The van der Waals surface area contributed by atoms with Crippen molar-refractivity contribution in [1.29, 1.82) is 0 Å². The summed E-state index contributed by atoms with van der Waals surface area (Å²) in [5.41, 5.74) is 3.03. The Hall–Kier alpha value is -2.73. The van der Waals surface area contributed by atoms with Crippen LogP contribution in [0.25, 0.3) is 21.8 Å². The van der Waals surface area contributed by atoms with Gasteiger partial charge < -0.3 is 19.1 Å². The minimum Gasteiger partial charge on any atom is -0.492 e. The Labute approximate surface area is 202 Å². The first-order valence-electron chi connectivity index (χ1n) is 10.9. The largest absolute Gasteiger partial charge is 0.492 e. The lowest BCUT2D eigenvalue weighted by Crippen LogP contribution is -2.26. The summed E-state index contributed by atoms with van der Waals surface area (Å²) in [5.74, 6) is -0.218. The van der Waals surface area contributed by atoms with Crippen LogP contribution in [-0.2, 0) is 22.5 Å². The number of benzene rings is 3. The van der Waals surface area contributed by atoms with Crippen molar-refractivity contribution < 1.29 is 19.4 Å². The second kappa shape index (κ2) is 10.5. The number of ether oxygens (including phenoxy) is 2. The van der Waals surface area contributed by atoms with Gasteiger partial charge in [-0.2, -0.15) is 0 Å². The Morgan fingerprint density at radius 3 is 2.09 bits per heavy atom. The first-order chi connectivity index (χ1) is 16.0. The standard InChI is InChI=1S/C26H25Cl2NO4/c1-2-12-33-25(26(30)31)14-17-3-7-20(8-4-17)32-13-11-29-23-9-5-18(27)15-21(23)22-16-19(28)6-10-24(22)29/h3-10,15-16,25H,2,11-14H2,1H3,(H,30,31). The van der Waals surface area contributed by atoms with E-state index in [-0.39, 0.29) is 0 Å². The molecule has 172 valence electrons. The molecule has 33 heavy (non-hydrogen) atoms. The van der Waals surface area contributed by atoms with Crippen LogP contribution < -0.4 is 4.74 Å². The molecule has 0 amide bonds. The summed E-state index contributed by atoms with van der Waals surface area (Å²) in [6, 6.07) is 19.2. The molecule has 3 aromatic carbocycles. The normalized spacial score (nSPS) is 12.3. The molecule has 0 saturated heterocycles. The molecule has 1 heterocycles. The quantitative estimate of drug-likeness (QED) is 0.274. The third-order valence-corrected chi connectivity index (χ3v) is 5.99. The second-order valence-corrected chi connectivity index (χ2v) is 8.74. The predicted molar refractivity (Wildman–Crippen MR) is 133 cm³/mol. The molecule has 0 fully saturated rings. The predicted octanol–water partition coefficient (Wildman–Crippen LogP) is 6.60. The molecule has 4 aromatic rings. The van der Waals surface area contributed by atoms with Crippen LogP contribution in [0.4, 0.5) is 0 Å². The lowest BCUT2D eigenvalue weighted by atomic mass is 10.1. The average molecular weight is 486 g/mol. The Balaban J connectivity index is 1.45. The molecule has 4 rings (SSSR count). The molecule has 0 spiro atoms. The third-order valence-electron chi connectivity index (χ3n) is 5.52. The molecule has 0 bridgehead atoms. The van der Waals surface area contributed by atoms with Gasteiger partial charge in [0.1, 0.15) is 12.4 Å². The highest BCUT2D eigenvalue weighted by Crippen LogP contribution is 2.32. The van der Waals surface area contributed by atoms with Crippen LogP contribution in [0.2, 0.25) is 10.0 Å². The molecule has 1 aromatic heterocycles. The maximum absolute atomic E-state index is 11.4. The van der Waals surface area contributed by atoms with Crippen molar-refractivity contribution in [3.63, 3.8) is 0 Å². The molecular weight excluding hydrogens is 461 g/mol. The van der Waals surface area contributed by atoms with E-state index in [0.29, 0.717) is 36.2 Å². The lowest BCUT2D eigenvalue weighted by molar-refractivity contribution is -0.150. The summed E-state index contributed by atoms with van der Waals surface area (Å²) in [6.45, 7) is 3.51. The van der Waals surface area contributed by atoms with Crippen molar-refractivity contribution in [3.8, 4) is 5.75 Å². The van der Waals surface area contributed by atoms with Crippen molar-refractivity contribution in [2.45, 2.75) is 32.4 Å². The van der Waals surface area contributed by atoms with Crippen molar-refractivity contribution in [2.75, 3.05) is 13.2 Å². The first-order valence-corrected chi connectivity index (χ1v) is 11.6. The highest BCUT2D eigenvalue weighted by Gasteiger charge is 2.18. The van der Waals surface area contributed by atoms with E-state index in [0.717, 1.165) is 39.5 Å². The zero-order valence-electron chi connectivity index (χ0n) is 18.3. The van der Waals surface area contributed by atoms with Crippen molar-refractivity contribution in [2.24, 2.45) is 0 Å². The van der Waals surface area contributed by atoms with Crippen LogP contribution in [0.3, 0.4) is 0 Å². The van der Waals surface area contributed by atoms with Gasteiger partial charge >= 0.3 is 5.97 Å². The zero-order valence-corrected chi connectivity index (χ0v) is 19.8. The van der Waals surface area contributed by atoms with Crippen LogP contribution in [0.5, 0.6) is 5.75 Å². The smallest absolute Gasteiger partial charge is 0.333 e. The van der Waals surface area contributed by atoms with E-state index in [1.165, 1.54) is 0 Å². The highest BCUT2D eigenvalue weighted by atomic mass is 35.5. The molecule has 0 aliphatic heterocycles. The number of carbonyl (C=O) groups is 1. The van der Waals surface area contributed by atoms with Gasteiger partial charge in [-0.3, -0.25) is 0 Å². The van der Waals surface area contributed by atoms with Crippen molar-refractivity contribution in [1.82, 2.24) is 4.57 Å². The Kier molecular flexibility index (Phi) is 7.43. The summed E-state index contributed by atoms with van der Waals surface area (Å²) < 4.78 is 13.6. The summed E-state index contributed by atoms with van der Waals surface area (Å²) in [7, 11) is 0. The summed E-state index contributed by atoms with van der Waals surface area (Å²) in [5, 5.41) is 12.8. The fraction of sp³-hybridized carbons (Fsp3) is 0.269. The first kappa shape index (κ1) is 23.4. The topological polar surface area (TPSA) is 60.7 Å². The summed E-state index contributed by atoms with van der Waals surface area (Å²) in [4.78, 5) is 11.4. The molecule has 1 atom stereocenters. The van der Waals surface area contributed by atoms with Gasteiger partial charge in [-0.25, -0.2) is 4.79 Å². The highest BCUT2D eigenvalue weighted by molar-refractivity contribution is 6.33. The minimum atomic E-state index is -0.947. The number of hydrogen-bond acceptors (Lipinski definition) is 3. The molecule has 0 radical (unpaired) electrons. The molecule has 0 aliphatic rings. The molecule has 0 aliphatic carbocycles. The van der Waals surface area contributed by atoms with Gasteiger partial charge in [-0.15, -0.1) is 0 Å². The average Bonchev–Trinajstić information content (AvgIpc) is 3.09. The van der Waals surface area contributed by atoms with E-state index in [2.05, 4.69) is 4.57 Å². The van der Waals surface area contributed by atoms with E-state index >= 15 is 0 Å². The van der Waals surface area contributed by atoms with E-state index in [1.807, 2.05) is 67.6 Å². The summed E-state index contributed by atoms with van der Waals surface area (Å²) in [6.07, 6.45) is 0.263. The van der Waals surface area contributed by atoms with Gasteiger partial charge in [0.25, 0.3) is 0 Å². The van der Waals surface area contributed by atoms with Crippen molar-refractivity contribution >= 4 is 51.0 Å². The van der Waals surface area contributed by atoms with Crippen LogP contribution >= 0.6 is 23.2 Å². The SMILES string of the molecule is CCCOC(Cc1ccc(OCCn2c3ccc(Cl)cc3c3cc(Cl)ccc32)cc1)C(=O)O. The van der Waals surface area contributed by atoms with E-state index in [9.17, 15) is 9.90 Å². The van der Waals surface area contributed by atoms with Gasteiger partial charge in [0.05, 0.1) is 6.54 Å². The number of nitrogens with zero attached hydrogens (tertiary/aromatic N) is 1. The number of rotatable bonds is 10. The van der Waals surface area contributed by atoms with E-state index in [4.69, 9.17) is 32.7 Å². The number of halogens is 2. The Morgan fingerprint density at radius 1 is 0.939 bits per heavy atom. The van der Waals surface area contributed by atoms with Crippen LogP contribution in [0.15, 0.2) is 60.7 Å². The molecule has 1 unspecified atom stereocenters. The fourth-order valence-corrected chi connectivity index (χ4v) is 4.30. The Morgan fingerprint density at radius 2 is 1.55 bits per heavy atom. The number of carboxylic acids is 1. The third kappa shape index (κ3) is 5.44. The number of fused-ring (bicyclic) bond motifs is 3. The van der Waals surface area contributed by atoms with E-state index in [1.54, 1.807) is 0 Å². The number of aromatic nitrogens is 1. The van der Waals surface area contributed by atoms with Gasteiger partial charge in [0.2, 0.25) is 0 Å². The molecule has 7 heteroatoms. The van der Waals surface area contributed by atoms with E-state index < -0.39 is 12.1 Å². The Bertz CT molecular complexity index is 1210. The molecule has 5 nitrogen and oxygen atoms in total. The fourth-order valence-electron chi connectivity index (χ4n) is 3.96. The van der Waals surface area contributed by atoms with Gasteiger partial charge in [0.15, 0.2) is 6.10 Å². The van der Waals surface area contributed by atoms with Crippen LogP contribution in [0, 0.1) is 0 Å². The maximum atomic E-state index is 11.4. The number of carboxylic acid groups (broad SMARTS) is 1. The number of aliphatic carboxylic acids is 1. The van der Waals surface area contributed by atoms with Crippen LogP contribution in [0.1, 0.15) is 18.9 Å². The minimum absolute atomic E-state index is 0.322. The zero-order chi connectivity index (χ0) is 23.4. The molecule has 0 saturated carbocycles.